The van der Waals surface area contributed by atoms with Gasteiger partial charge in [0.1, 0.15) is 0 Å². The van der Waals surface area contributed by atoms with Gasteiger partial charge in [-0.05, 0) is 19.4 Å². The zero-order chi connectivity index (χ0) is 10.2. The fourth-order valence-corrected chi connectivity index (χ4v) is 1.46. The molecule has 1 atom stereocenters. The first-order valence-electron chi connectivity index (χ1n) is 4.90. The van der Waals surface area contributed by atoms with Crippen LogP contribution in [0.1, 0.15) is 19.3 Å². The molecule has 1 aliphatic rings. The third-order valence-electron chi connectivity index (χ3n) is 2.16. The Kier molecular flexibility index (Phi) is 4.87. The van der Waals surface area contributed by atoms with Crippen LogP contribution in [0, 0.1) is 12.3 Å². The summed E-state index contributed by atoms with van der Waals surface area (Å²) in [4.78, 5) is 11.1. The van der Waals surface area contributed by atoms with Gasteiger partial charge in [-0.15, -0.1) is 6.42 Å². The Hall–Kier alpha value is -1.21. The fourth-order valence-electron chi connectivity index (χ4n) is 1.46. The standard InChI is InChI=1S/C10H16N2O2/c1-2-7-14-10(13)12-9-5-3-4-6-11-8-9/h1,9,11H,3-8H2,(H,12,13). The lowest BCUT2D eigenvalue weighted by Crippen LogP contribution is -2.41. The lowest BCUT2D eigenvalue weighted by atomic mass is 10.1. The SMILES string of the molecule is C#CCOC(=O)NC1CCCCNC1. The first kappa shape index (κ1) is 10.9. The van der Waals surface area contributed by atoms with Gasteiger partial charge >= 0.3 is 6.09 Å². The topological polar surface area (TPSA) is 50.4 Å². The molecule has 0 saturated carbocycles. The molecule has 1 saturated heterocycles. The normalized spacial score (nSPS) is 21.8. The molecule has 1 aliphatic heterocycles. The number of alkyl carbamates (subject to hydrolysis) is 1. The molecule has 4 nitrogen and oxygen atoms in total. The summed E-state index contributed by atoms with van der Waals surface area (Å²) in [6.45, 7) is 1.87. The highest BCUT2D eigenvalue weighted by molar-refractivity contribution is 5.67. The van der Waals surface area contributed by atoms with E-state index in [1.165, 1.54) is 0 Å². The second kappa shape index (κ2) is 6.28. The van der Waals surface area contributed by atoms with E-state index < -0.39 is 6.09 Å². The molecular formula is C10H16N2O2. The predicted molar refractivity (Wildman–Crippen MR) is 53.8 cm³/mol. The summed E-state index contributed by atoms with van der Waals surface area (Å²) in [6.07, 6.45) is 7.84. The zero-order valence-corrected chi connectivity index (χ0v) is 8.21. The minimum absolute atomic E-state index is 0.0337. The third-order valence-corrected chi connectivity index (χ3v) is 2.16. The highest BCUT2D eigenvalue weighted by Gasteiger charge is 2.14. The average Bonchev–Trinajstić information content (AvgIpc) is 2.43. The van der Waals surface area contributed by atoms with E-state index in [4.69, 9.17) is 11.2 Å². The summed E-state index contributed by atoms with van der Waals surface area (Å²) < 4.78 is 4.72. The van der Waals surface area contributed by atoms with Gasteiger partial charge in [0.25, 0.3) is 0 Å². The van der Waals surface area contributed by atoms with Crippen LogP contribution in [0.2, 0.25) is 0 Å². The summed E-state index contributed by atoms with van der Waals surface area (Å²) in [7, 11) is 0. The highest BCUT2D eigenvalue weighted by atomic mass is 16.5. The first-order chi connectivity index (χ1) is 6.83. The van der Waals surface area contributed by atoms with Crippen molar-refractivity contribution in [3.05, 3.63) is 0 Å². The van der Waals surface area contributed by atoms with E-state index in [1.54, 1.807) is 0 Å². The molecule has 0 aliphatic carbocycles. The predicted octanol–water partition coefficient (Wildman–Crippen LogP) is 0.488. The van der Waals surface area contributed by atoms with Gasteiger partial charge in [-0.1, -0.05) is 12.3 Å². The van der Waals surface area contributed by atoms with Crippen molar-refractivity contribution < 1.29 is 9.53 Å². The second-order valence-corrected chi connectivity index (χ2v) is 3.32. The van der Waals surface area contributed by atoms with Crippen LogP contribution in [-0.4, -0.2) is 31.8 Å². The molecule has 0 aromatic heterocycles. The van der Waals surface area contributed by atoms with Crippen LogP contribution in [0.15, 0.2) is 0 Å². The number of nitrogens with one attached hydrogen (secondary N) is 2. The third kappa shape index (κ3) is 4.15. The molecule has 14 heavy (non-hydrogen) atoms. The van der Waals surface area contributed by atoms with Gasteiger partial charge in [0, 0.05) is 12.6 Å². The zero-order valence-electron chi connectivity index (χ0n) is 8.21. The number of hydrogen-bond donors (Lipinski definition) is 2. The van der Waals surface area contributed by atoms with Crippen molar-refractivity contribution in [2.45, 2.75) is 25.3 Å². The molecule has 0 aromatic rings. The monoisotopic (exact) mass is 196 g/mol. The van der Waals surface area contributed by atoms with Gasteiger partial charge in [0.15, 0.2) is 6.61 Å². The van der Waals surface area contributed by atoms with Crippen molar-refractivity contribution in [3.8, 4) is 12.3 Å². The van der Waals surface area contributed by atoms with Gasteiger partial charge in [0.05, 0.1) is 0 Å². The van der Waals surface area contributed by atoms with Gasteiger partial charge < -0.3 is 15.4 Å². The fraction of sp³-hybridized carbons (Fsp3) is 0.700. The van der Waals surface area contributed by atoms with Gasteiger partial charge in [0.2, 0.25) is 0 Å². The quantitative estimate of drug-likeness (QED) is 0.632. The minimum Gasteiger partial charge on any atom is -0.436 e. The van der Waals surface area contributed by atoms with E-state index in [0.29, 0.717) is 0 Å². The summed E-state index contributed by atoms with van der Waals surface area (Å²) in [5.74, 6) is 2.25. The van der Waals surface area contributed by atoms with Crippen molar-refractivity contribution in [1.29, 1.82) is 0 Å². The van der Waals surface area contributed by atoms with Crippen molar-refractivity contribution in [1.82, 2.24) is 10.6 Å². The summed E-state index contributed by atoms with van der Waals surface area (Å²) in [5.41, 5.74) is 0. The van der Waals surface area contributed by atoms with Crippen molar-refractivity contribution in [2.75, 3.05) is 19.7 Å². The van der Waals surface area contributed by atoms with Crippen LogP contribution in [-0.2, 0) is 4.74 Å². The number of rotatable bonds is 2. The molecule has 78 valence electrons. The smallest absolute Gasteiger partial charge is 0.408 e. The number of terminal acetylenes is 1. The molecule has 0 aromatic carbocycles. The summed E-state index contributed by atoms with van der Waals surface area (Å²) >= 11 is 0. The molecule has 1 unspecified atom stereocenters. The number of amides is 1. The number of carbonyl (C=O) groups is 1. The molecule has 2 N–H and O–H groups in total. The lowest BCUT2D eigenvalue weighted by Gasteiger charge is -2.15. The molecule has 1 fully saturated rings. The molecule has 1 heterocycles. The molecule has 0 spiro atoms. The minimum atomic E-state index is -0.420. The maximum atomic E-state index is 11.1. The Morgan fingerprint density at radius 1 is 1.64 bits per heavy atom. The average molecular weight is 196 g/mol. The Balaban J connectivity index is 2.21. The molecular weight excluding hydrogens is 180 g/mol. The van der Waals surface area contributed by atoms with Crippen LogP contribution >= 0.6 is 0 Å². The maximum absolute atomic E-state index is 11.1. The molecule has 0 bridgehead atoms. The van der Waals surface area contributed by atoms with Crippen molar-refractivity contribution in [3.63, 3.8) is 0 Å². The molecule has 1 amide bonds. The second-order valence-electron chi connectivity index (χ2n) is 3.32. The summed E-state index contributed by atoms with van der Waals surface area (Å²) in [5, 5.41) is 6.02. The van der Waals surface area contributed by atoms with Crippen LogP contribution in [0.5, 0.6) is 0 Å². The van der Waals surface area contributed by atoms with E-state index >= 15 is 0 Å². The van der Waals surface area contributed by atoms with Gasteiger partial charge in [-0.2, -0.15) is 0 Å². The highest BCUT2D eigenvalue weighted by Crippen LogP contribution is 2.03. The van der Waals surface area contributed by atoms with Crippen molar-refractivity contribution >= 4 is 6.09 Å². The number of carbonyl (C=O) groups excluding carboxylic acids is 1. The van der Waals surface area contributed by atoms with Crippen LogP contribution in [0.3, 0.4) is 0 Å². The number of hydrogen-bond acceptors (Lipinski definition) is 3. The Bertz CT molecular complexity index is 215. The lowest BCUT2D eigenvalue weighted by molar-refractivity contribution is 0.155. The van der Waals surface area contributed by atoms with E-state index in [9.17, 15) is 4.79 Å². The maximum Gasteiger partial charge on any atom is 0.408 e. The molecule has 0 radical (unpaired) electrons. The molecule has 4 heteroatoms. The Morgan fingerprint density at radius 3 is 3.29 bits per heavy atom. The van der Waals surface area contributed by atoms with Crippen LogP contribution < -0.4 is 10.6 Å². The Morgan fingerprint density at radius 2 is 2.50 bits per heavy atom. The Labute approximate surface area is 84.4 Å². The van der Waals surface area contributed by atoms with Gasteiger partial charge in [-0.3, -0.25) is 0 Å². The van der Waals surface area contributed by atoms with Crippen LogP contribution in [0.25, 0.3) is 0 Å². The van der Waals surface area contributed by atoms with E-state index in [1.807, 2.05) is 0 Å². The number of ether oxygens (including phenoxy) is 1. The largest absolute Gasteiger partial charge is 0.436 e. The van der Waals surface area contributed by atoms with Crippen LogP contribution in [0.4, 0.5) is 4.79 Å². The van der Waals surface area contributed by atoms with E-state index in [0.717, 1.165) is 32.4 Å². The van der Waals surface area contributed by atoms with Gasteiger partial charge in [-0.25, -0.2) is 4.79 Å². The molecule has 1 rings (SSSR count). The first-order valence-corrected chi connectivity index (χ1v) is 4.90. The van der Waals surface area contributed by atoms with E-state index in [2.05, 4.69) is 16.6 Å². The van der Waals surface area contributed by atoms with Crippen molar-refractivity contribution in [2.24, 2.45) is 0 Å². The van der Waals surface area contributed by atoms with E-state index in [-0.39, 0.29) is 12.6 Å². The summed E-state index contributed by atoms with van der Waals surface area (Å²) in [6, 6.07) is 0.169.